The van der Waals surface area contributed by atoms with Gasteiger partial charge in [0.25, 0.3) is 0 Å². The van der Waals surface area contributed by atoms with Crippen LogP contribution >= 0.6 is 0 Å². The highest BCUT2D eigenvalue weighted by molar-refractivity contribution is 5.14. The highest BCUT2D eigenvalue weighted by Gasteiger charge is 2.07. The average molecular weight is 244 g/mol. The monoisotopic (exact) mass is 244 g/mol. The molecule has 0 aliphatic rings. The molecule has 0 saturated carbocycles. The van der Waals surface area contributed by atoms with Crippen LogP contribution in [0.3, 0.4) is 0 Å². The van der Waals surface area contributed by atoms with Crippen molar-refractivity contribution in [2.75, 3.05) is 0 Å². The van der Waals surface area contributed by atoms with Crippen LogP contribution in [0, 0.1) is 0 Å². The van der Waals surface area contributed by atoms with E-state index in [1.165, 1.54) is 5.56 Å². The number of aromatic nitrogens is 3. The molecule has 4 nitrogen and oxygen atoms in total. The van der Waals surface area contributed by atoms with Gasteiger partial charge in [0.1, 0.15) is 0 Å². The van der Waals surface area contributed by atoms with E-state index in [1.807, 2.05) is 19.3 Å². The van der Waals surface area contributed by atoms with Gasteiger partial charge >= 0.3 is 0 Å². The molecule has 18 heavy (non-hydrogen) atoms. The molecule has 1 aromatic heterocycles. The molecule has 0 saturated heterocycles. The van der Waals surface area contributed by atoms with Crippen molar-refractivity contribution >= 4 is 0 Å². The summed E-state index contributed by atoms with van der Waals surface area (Å²) in [6, 6.07) is 10.7. The summed E-state index contributed by atoms with van der Waals surface area (Å²) in [5.41, 5.74) is 8.46. The molecule has 2 rings (SSSR count). The van der Waals surface area contributed by atoms with Gasteiger partial charge in [0.05, 0.1) is 5.69 Å². The zero-order valence-electron chi connectivity index (χ0n) is 10.8. The molecule has 0 spiro atoms. The van der Waals surface area contributed by atoms with Crippen molar-refractivity contribution in [1.29, 1.82) is 0 Å². The smallest absolute Gasteiger partial charge is 0.0842 e. The minimum Gasteiger partial charge on any atom is -0.327 e. The Bertz CT molecular complexity index is 464. The van der Waals surface area contributed by atoms with E-state index >= 15 is 0 Å². The summed E-state index contributed by atoms with van der Waals surface area (Å²) in [6.07, 6.45) is 5.96. The molecule has 96 valence electrons. The van der Waals surface area contributed by atoms with Crippen LogP contribution in [-0.4, -0.2) is 21.0 Å². The van der Waals surface area contributed by atoms with Gasteiger partial charge in [-0.3, -0.25) is 4.68 Å². The van der Waals surface area contributed by atoms with Gasteiger partial charge in [-0.05, 0) is 24.8 Å². The van der Waals surface area contributed by atoms with Crippen molar-refractivity contribution in [3.05, 3.63) is 47.8 Å². The van der Waals surface area contributed by atoms with Gasteiger partial charge in [0.2, 0.25) is 0 Å². The molecule has 0 fully saturated rings. The summed E-state index contributed by atoms with van der Waals surface area (Å²) < 4.78 is 1.71. The third-order valence-electron chi connectivity index (χ3n) is 3.00. The fourth-order valence-electron chi connectivity index (χ4n) is 2.07. The van der Waals surface area contributed by atoms with Gasteiger partial charge < -0.3 is 5.73 Å². The van der Waals surface area contributed by atoms with E-state index < -0.39 is 0 Å². The summed E-state index contributed by atoms with van der Waals surface area (Å²) in [5.74, 6) is 0. The van der Waals surface area contributed by atoms with E-state index in [9.17, 15) is 0 Å². The van der Waals surface area contributed by atoms with Gasteiger partial charge in [0, 0.05) is 25.7 Å². The molecular weight excluding hydrogens is 224 g/mol. The van der Waals surface area contributed by atoms with E-state index in [2.05, 4.69) is 34.6 Å². The number of aryl methyl sites for hydroxylation is 2. The second-order valence-electron chi connectivity index (χ2n) is 4.73. The Morgan fingerprint density at radius 2 is 2.06 bits per heavy atom. The third-order valence-corrected chi connectivity index (χ3v) is 3.00. The molecule has 0 aliphatic carbocycles. The van der Waals surface area contributed by atoms with Crippen molar-refractivity contribution in [1.82, 2.24) is 15.0 Å². The molecular formula is C14H20N4. The van der Waals surface area contributed by atoms with Crippen molar-refractivity contribution in [3.8, 4) is 0 Å². The lowest BCUT2D eigenvalue weighted by Crippen LogP contribution is -2.23. The van der Waals surface area contributed by atoms with E-state index in [1.54, 1.807) is 4.68 Å². The molecule has 0 radical (unpaired) electrons. The van der Waals surface area contributed by atoms with Crippen molar-refractivity contribution in [2.24, 2.45) is 12.8 Å². The lowest BCUT2D eigenvalue weighted by Gasteiger charge is -2.09. The van der Waals surface area contributed by atoms with E-state index in [4.69, 9.17) is 5.73 Å². The van der Waals surface area contributed by atoms with Crippen LogP contribution in [0.25, 0.3) is 0 Å². The van der Waals surface area contributed by atoms with E-state index in [0.717, 1.165) is 31.4 Å². The van der Waals surface area contributed by atoms with Crippen LogP contribution < -0.4 is 5.73 Å². The molecule has 2 aromatic rings. The topological polar surface area (TPSA) is 56.7 Å². The molecule has 0 aliphatic heterocycles. The predicted molar refractivity (Wildman–Crippen MR) is 72.1 cm³/mol. The first-order valence-corrected chi connectivity index (χ1v) is 6.39. The number of benzene rings is 1. The molecule has 1 aromatic carbocycles. The summed E-state index contributed by atoms with van der Waals surface area (Å²) in [6.45, 7) is 0. The maximum atomic E-state index is 6.10. The Hall–Kier alpha value is -1.68. The quantitative estimate of drug-likeness (QED) is 0.841. The second-order valence-corrected chi connectivity index (χ2v) is 4.73. The number of nitrogens with two attached hydrogens (primary N) is 1. The predicted octanol–water partition coefficient (Wildman–Crippen LogP) is 1.71. The first-order valence-electron chi connectivity index (χ1n) is 6.39. The Kier molecular flexibility index (Phi) is 4.47. The number of hydrogen-bond donors (Lipinski definition) is 1. The maximum Gasteiger partial charge on any atom is 0.0842 e. The summed E-state index contributed by atoms with van der Waals surface area (Å²) in [7, 11) is 1.87. The molecule has 1 atom stereocenters. The molecule has 0 bridgehead atoms. The normalized spacial score (nSPS) is 12.6. The molecule has 0 amide bonds. The zero-order valence-corrected chi connectivity index (χ0v) is 10.8. The molecule has 1 unspecified atom stereocenters. The van der Waals surface area contributed by atoms with E-state index in [0.29, 0.717) is 0 Å². The minimum absolute atomic E-state index is 0.172. The van der Waals surface area contributed by atoms with Crippen LogP contribution in [-0.2, 0) is 19.9 Å². The van der Waals surface area contributed by atoms with Gasteiger partial charge in [-0.1, -0.05) is 35.5 Å². The Morgan fingerprint density at radius 1 is 1.28 bits per heavy atom. The van der Waals surface area contributed by atoms with Crippen molar-refractivity contribution < 1.29 is 0 Å². The van der Waals surface area contributed by atoms with Crippen molar-refractivity contribution in [3.63, 3.8) is 0 Å². The lowest BCUT2D eigenvalue weighted by molar-refractivity contribution is 0.573. The molecule has 2 N–H and O–H groups in total. The highest BCUT2D eigenvalue weighted by atomic mass is 15.4. The van der Waals surface area contributed by atoms with E-state index in [-0.39, 0.29) is 6.04 Å². The SMILES string of the molecule is Cn1cc(CC(N)CCCc2ccccc2)nn1. The van der Waals surface area contributed by atoms with Crippen molar-refractivity contribution in [2.45, 2.75) is 31.7 Å². The minimum atomic E-state index is 0.172. The van der Waals surface area contributed by atoms with Gasteiger partial charge in [-0.15, -0.1) is 5.10 Å². The van der Waals surface area contributed by atoms with Gasteiger partial charge in [-0.25, -0.2) is 0 Å². The highest BCUT2D eigenvalue weighted by Crippen LogP contribution is 2.08. The Labute approximate surface area is 108 Å². The summed E-state index contributed by atoms with van der Waals surface area (Å²) in [4.78, 5) is 0. The average Bonchev–Trinajstić information content (AvgIpc) is 2.76. The first-order chi connectivity index (χ1) is 8.74. The fourth-order valence-corrected chi connectivity index (χ4v) is 2.07. The van der Waals surface area contributed by atoms with Gasteiger partial charge in [0.15, 0.2) is 0 Å². The van der Waals surface area contributed by atoms with Crippen LogP contribution in [0.1, 0.15) is 24.1 Å². The number of rotatable bonds is 6. The van der Waals surface area contributed by atoms with Crippen LogP contribution in [0.5, 0.6) is 0 Å². The molecule has 4 heteroatoms. The van der Waals surface area contributed by atoms with Gasteiger partial charge in [-0.2, -0.15) is 0 Å². The fraction of sp³-hybridized carbons (Fsp3) is 0.429. The Balaban J connectivity index is 1.70. The van der Waals surface area contributed by atoms with Crippen LogP contribution in [0.4, 0.5) is 0 Å². The standard InChI is InChI=1S/C14H20N4/c1-18-11-14(16-17-18)10-13(15)9-5-8-12-6-3-2-4-7-12/h2-4,6-7,11,13H,5,8-10,15H2,1H3. The number of hydrogen-bond acceptors (Lipinski definition) is 3. The summed E-state index contributed by atoms with van der Waals surface area (Å²) in [5, 5.41) is 7.96. The second kappa shape index (κ2) is 6.31. The lowest BCUT2D eigenvalue weighted by atomic mass is 10.0. The third kappa shape index (κ3) is 3.96. The van der Waals surface area contributed by atoms with Crippen LogP contribution in [0.15, 0.2) is 36.5 Å². The Morgan fingerprint density at radius 3 is 2.72 bits per heavy atom. The van der Waals surface area contributed by atoms with Crippen LogP contribution in [0.2, 0.25) is 0 Å². The molecule has 1 heterocycles. The maximum absolute atomic E-state index is 6.10. The summed E-state index contributed by atoms with van der Waals surface area (Å²) >= 11 is 0. The zero-order chi connectivity index (χ0) is 12.8. The largest absolute Gasteiger partial charge is 0.327 e. The number of nitrogens with zero attached hydrogens (tertiary/aromatic N) is 3. The first kappa shape index (κ1) is 12.8.